The molecule has 146 valence electrons. The van der Waals surface area contributed by atoms with Gasteiger partial charge >= 0.3 is 0 Å². The van der Waals surface area contributed by atoms with Gasteiger partial charge in [-0.05, 0) is 26.0 Å². The fraction of sp³-hybridized carbons (Fsp3) is 0.368. The molecule has 28 heavy (non-hydrogen) atoms. The third kappa shape index (κ3) is 3.65. The van der Waals surface area contributed by atoms with Crippen molar-refractivity contribution in [1.29, 1.82) is 0 Å². The maximum atomic E-state index is 12.9. The molecule has 0 aliphatic carbocycles. The van der Waals surface area contributed by atoms with Gasteiger partial charge in [0.1, 0.15) is 17.0 Å². The van der Waals surface area contributed by atoms with Crippen molar-refractivity contribution in [3.63, 3.8) is 0 Å². The monoisotopic (exact) mass is 400 g/mol. The minimum atomic E-state index is -0.811. The van der Waals surface area contributed by atoms with Gasteiger partial charge < -0.3 is 19.9 Å². The second kappa shape index (κ2) is 7.37. The Bertz CT molecular complexity index is 1010. The van der Waals surface area contributed by atoms with Crippen LogP contribution in [0.3, 0.4) is 0 Å². The lowest BCUT2D eigenvalue weighted by Crippen LogP contribution is -2.53. The number of anilines is 1. The first-order chi connectivity index (χ1) is 13.4. The summed E-state index contributed by atoms with van der Waals surface area (Å²) in [7, 11) is 0. The number of nitrogens with zero attached hydrogens (tertiary/aromatic N) is 4. The van der Waals surface area contributed by atoms with Crippen LogP contribution in [0.2, 0.25) is 5.02 Å². The van der Waals surface area contributed by atoms with Crippen LogP contribution in [0.4, 0.5) is 5.82 Å². The average Bonchev–Trinajstić information content (AvgIpc) is 3.11. The molecule has 0 aromatic carbocycles. The number of rotatable bonds is 4. The number of carbonyl (C=O) groups excluding carboxylic acids is 1. The van der Waals surface area contributed by atoms with E-state index < -0.39 is 5.54 Å². The van der Waals surface area contributed by atoms with Crippen LogP contribution < -0.4 is 5.32 Å². The summed E-state index contributed by atoms with van der Waals surface area (Å²) in [6, 6.07) is 3.57. The largest absolute Gasteiger partial charge is 0.378 e. The second-order valence-corrected chi connectivity index (χ2v) is 7.61. The lowest BCUT2D eigenvalue weighted by atomic mass is 10.0. The lowest BCUT2D eigenvalue weighted by Gasteiger charge is -2.35. The number of carbonyl (C=O) groups is 1. The lowest BCUT2D eigenvalue weighted by molar-refractivity contribution is -0.139. The van der Waals surface area contributed by atoms with Gasteiger partial charge in [-0.3, -0.25) is 4.79 Å². The number of nitrogens with one attached hydrogen (secondary N) is 2. The highest BCUT2D eigenvalue weighted by Crippen LogP contribution is 2.28. The van der Waals surface area contributed by atoms with E-state index in [2.05, 4.69) is 25.3 Å². The number of morpholine rings is 1. The number of ether oxygens (including phenoxy) is 1. The molecule has 0 saturated carbocycles. The molecule has 0 radical (unpaired) electrons. The fourth-order valence-electron chi connectivity index (χ4n) is 3.26. The molecule has 4 heterocycles. The molecule has 1 aliphatic heterocycles. The SMILES string of the molecule is CC(C)(Nc1ccnc(-c2c[nH]c3ncc(Cl)cc23)n1)C(=O)N1CCOCC1. The molecule has 3 aromatic rings. The maximum Gasteiger partial charge on any atom is 0.247 e. The van der Waals surface area contributed by atoms with E-state index in [-0.39, 0.29) is 5.91 Å². The quantitative estimate of drug-likeness (QED) is 0.699. The third-order valence-electron chi connectivity index (χ3n) is 4.67. The Kier molecular flexibility index (Phi) is 4.91. The van der Waals surface area contributed by atoms with Gasteiger partial charge in [-0.15, -0.1) is 0 Å². The zero-order valence-electron chi connectivity index (χ0n) is 15.7. The standard InChI is InChI=1S/C19H21ClN6O2/c1-19(2,18(27)26-5-7-28-8-6-26)25-15-3-4-21-17(24-15)14-11-23-16-13(14)9-12(20)10-22-16/h3-4,9-11H,5-8H2,1-2H3,(H,22,23)(H,21,24,25). The van der Waals surface area contributed by atoms with Crippen LogP contribution in [-0.4, -0.2) is 62.6 Å². The van der Waals surface area contributed by atoms with Crippen LogP contribution >= 0.6 is 11.6 Å². The van der Waals surface area contributed by atoms with Crippen molar-refractivity contribution >= 4 is 34.4 Å². The summed E-state index contributed by atoms with van der Waals surface area (Å²) in [5.74, 6) is 1.11. The zero-order chi connectivity index (χ0) is 19.7. The van der Waals surface area contributed by atoms with E-state index in [1.807, 2.05) is 24.8 Å². The van der Waals surface area contributed by atoms with Crippen molar-refractivity contribution in [1.82, 2.24) is 24.8 Å². The van der Waals surface area contributed by atoms with Gasteiger partial charge in [0, 0.05) is 42.6 Å². The van der Waals surface area contributed by atoms with Gasteiger partial charge in [-0.2, -0.15) is 0 Å². The predicted molar refractivity (Wildman–Crippen MR) is 107 cm³/mol. The van der Waals surface area contributed by atoms with E-state index in [1.165, 1.54) is 0 Å². The van der Waals surface area contributed by atoms with Gasteiger partial charge in [-0.25, -0.2) is 15.0 Å². The Morgan fingerprint density at radius 2 is 2.11 bits per heavy atom. The van der Waals surface area contributed by atoms with Crippen LogP contribution in [0.1, 0.15) is 13.8 Å². The molecule has 0 spiro atoms. The van der Waals surface area contributed by atoms with E-state index in [1.54, 1.807) is 24.7 Å². The Morgan fingerprint density at radius 1 is 1.32 bits per heavy atom. The van der Waals surface area contributed by atoms with Gasteiger partial charge in [-0.1, -0.05) is 11.6 Å². The Balaban J connectivity index is 1.59. The summed E-state index contributed by atoms with van der Waals surface area (Å²) in [5.41, 5.74) is 0.698. The Morgan fingerprint density at radius 3 is 2.89 bits per heavy atom. The van der Waals surface area contributed by atoms with E-state index in [0.29, 0.717) is 48.6 Å². The molecule has 3 aromatic heterocycles. The first-order valence-corrected chi connectivity index (χ1v) is 9.43. The molecule has 0 bridgehead atoms. The fourth-order valence-corrected chi connectivity index (χ4v) is 3.41. The van der Waals surface area contributed by atoms with Crippen molar-refractivity contribution in [3.8, 4) is 11.4 Å². The number of fused-ring (bicyclic) bond motifs is 1. The minimum absolute atomic E-state index is 0.0130. The Labute approximate surface area is 167 Å². The predicted octanol–water partition coefficient (Wildman–Crippen LogP) is 2.72. The van der Waals surface area contributed by atoms with Crippen molar-refractivity contribution in [2.24, 2.45) is 0 Å². The van der Waals surface area contributed by atoms with Crippen molar-refractivity contribution in [2.45, 2.75) is 19.4 Å². The molecule has 2 N–H and O–H groups in total. The highest BCUT2D eigenvalue weighted by atomic mass is 35.5. The number of hydrogen-bond acceptors (Lipinski definition) is 6. The molecule has 8 nitrogen and oxygen atoms in total. The molecule has 1 aliphatic rings. The number of hydrogen-bond donors (Lipinski definition) is 2. The molecular weight excluding hydrogens is 380 g/mol. The van der Waals surface area contributed by atoms with Crippen molar-refractivity contribution in [3.05, 3.63) is 35.7 Å². The number of H-pyrrole nitrogens is 1. The maximum absolute atomic E-state index is 12.9. The van der Waals surface area contributed by atoms with Crippen LogP contribution in [-0.2, 0) is 9.53 Å². The smallest absolute Gasteiger partial charge is 0.247 e. The number of halogens is 1. The van der Waals surface area contributed by atoms with Gasteiger partial charge in [0.15, 0.2) is 5.82 Å². The molecule has 0 atom stereocenters. The summed E-state index contributed by atoms with van der Waals surface area (Å²) < 4.78 is 5.33. The number of amides is 1. The van der Waals surface area contributed by atoms with Gasteiger partial charge in [0.2, 0.25) is 5.91 Å². The topological polar surface area (TPSA) is 96.0 Å². The average molecular weight is 401 g/mol. The molecule has 1 saturated heterocycles. The number of pyridine rings is 1. The number of aromatic amines is 1. The molecule has 1 fully saturated rings. The highest BCUT2D eigenvalue weighted by molar-refractivity contribution is 6.31. The number of aromatic nitrogens is 4. The van der Waals surface area contributed by atoms with Gasteiger partial charge in [0.05, 0.1) is 18.2 Å². The zero-order valence-corrected chi connectivity index (χ0v) is 16.5. The van der Waals surface area contributed by atoms with Crippen molar-refractivity contribution in [2.75, 3.05) is 31.6 Å². The minimum Gasteiger partial charge on any atom is -0.378 e. The van der Waals surface area contributed by atoms with Crippen LogP contribution in [0.15, 0.2) is 30.7 Å². The summed E-state index contributed by atoms with van der Waals surface area (Å²) in [6.07, 6.45) is 5.05. The summed E-state index contributed by atoms with van der Waals surface area (Å²) in [5, 5.41) is 4.62. The van der Waals surface area contributed by atoms with E-state index in [0.717, 1.165) is 10.9 Å². The molecule has 4 rings (SSSR count). The van der Waals surface area contributed by atoms with Crippen LogP contribution in [0.25, 0.3) is 22.4 Å². The van der Waals surface area contributed by atoms with E-state index >= 15 is 0 Å². The van der Waals surface area contributed by atoms with E-state index in [9.17, 15) is 4.79 Å². The summed E-state index contributed by atoms with van der Waals surface area (Å²) in [4.78, 5) is 31.0. The van der Waals surface area contributed by atoms with Crippen LogP contribution in [0.5, 0.6) is 0 Å². The van der Waals surface area contributed by atoms with E-state index in [4.69, 9.17) is 16.3 Å². The second-order valence-electron chi connectivity index (χ2n) is 7.17. The van der Waals surface area contributed by atoms with Crippen molar-refractivity contribution < 1.29 is 9.53 Å². The first-order valence-electron chi connectivity index (χ1n) is 9.05. The van der Waals surface area contributed by atoms with Crippen LogP contribution in [0, 0.1) is 0 Å². The Hall–Kier alpha value is -2.71. The molecule has 1 amide bonds. The van der Waals surface area contributed by atoms with Gasteiger partial charge in [0.25, 0.3) is 0 Å². The highest BCUT2D eigenvalue weighted by Gasteiger charge is 2.33. The normalized spacial score (nSPS) is 15.0. The summed E-state index contributed by atoms with van der Waals surface area (Å²) in [6.45, 7) is 6.03. The molecule has 9 heteroatoms. The molecule has 0 unspecified atom stereocenters. The third-order valence-corrected chi connectivity index (χ3v) is 4.87. The summed E-state index contributed by atoms with van der Waals surface area (Å²) >= 11 is 6.08. The first kappa shape index (κ1) is 18.6. The molecular formula is C19H21ClN6O2.